The molecule has 1 fully saturated rings. The Morgan fingerprint density at radius 3 is 2.53 bits per heavy atom. The number of ketones is 1. The fourth-order valence-corrected chi connectivity index (χ4v) is 2.68. The van der Waals surface area contributed by atoms with E-state index in [-0.39, 0.29) is 29.3 Å². The molecule has 6 heteroatoms. The molecule has 3 rings (SSSR count). The maximum absolute atomic E-state index is 12.0. The minimum Gasteiger partial charge on any atom is -0.358 e. The van der Waals surface area contributed by atoms with Gasteiger partial charge in [-0.15, -0.1) is 0 Å². The average Bonchev–Trinajstić information content (AvgIpc) is 2.73. The van der Waals surface area contributed by atoms with Crippen molar-refractivity contribution in [2.24, 2.45) is 5.92 Å². The fourth-order valence-electron chi connectivity index (χ4n) is 2.68. The van der Waals surface area contributed by atoms with Crippen LogP contribution in [0.25, 0.3) is 0 Å². The van der Waals surface area contributed by atoms with E-state index in [1.165, 1.54) is 0 Å². The van der Waals surface area contributed by atoms with Crippen molar-refractivity contribution in [1.29, 1.82) is 0 Å². The first-order chi connectivity index (χ1) is 9.08. The Morgan fingerprint density at radius 1 is 1.16 bits per heavy atom. The van der Waals surface area contributed by atoms with Crippen LogP contribution in [0.3, 0.4) is 0 Å². The lowest BCUT2D eigenvalue weighted by Gasteiger charge is -2.26. The number of carbonyl (C=O) groups excluding carboxylic acids is 3. The summed E-state index contributed by atoms with van der Waals surface area (Å²) < 4.78 is 5.12. The Balaban J connectivity index is 2.03. The van der Waals surface area contributed by atoms with Gasteiger partial charge >= 0.3 is 0 Å². The lowest BCUT2D eigenvalue weighted by atomic mass is 9.94. The third-order valence-corrected chi connectivity index (χ3v) is 3.59. The molecule has 2 amide bonds. The monoisotopic (exact) mass is 262 g/mol. The lowest BCUT2D eigenvalue weighted by Crippen LogP contribution is -2.43. The molecule has 6 nitrogen and oxygen atoms in total. The van der Waals surface area contributed by atoms with Crippen LogP contribution < -0.4 is 4.90 Å². The topological polar surface area (TPSA) is 80.5 Å². The molecule has 0 aromatic carbocycles. The van der Waals surface area contributed by atoms with Crippen molar-refractivity contribution in [3.8, 4) is 0 Å². The van der Waals surface area contributed by atoms with Crippen LogP contribution >= 0.6 is 0 Å². The Labute approximate surface area is 109 Å². The summed E-state index contributed by atoms with van der Waals surface area (Å²) in [6.45, 7) is 1.86. The molecule has 19 heavy (non-hydrogen) atoms. The standard InChI is InChI=1S/C13H14N2O4/c1-7-5-10(17)15(11(18)6-7)13-12-8(16)3-2-4-9(12)19-14-13/h7H,2-6H2,1H3. The second kappa shape index (κ2) is 4.29. The number of Topliss-reactive ketones (excluding diaryl/α,β-unsaturated/α-hetero) is 1. The van der Waals surface area contributed by atoms with Crippen LogP contribution in [0.2, 0.25) is 0 Å². The highest BCUT2D eigenvalue weighted by Crippen LogP contribution is 2.33. The minimum atomic E-state index is -0.307. The summed E-state index contributed by atoms with van der Waals surface area (Å²) in [5, 5.41) is 3.79. The molecule has 0 atom stereocenters. The molecule has 0 unspecified atom stereocenters. The quantitative estimate of drug-likeness (QED) is 0.716. The fraction of sp³-hybridized carbons (Fsp3) is 0.538. The lowest BCUT2D eigenvalue weighted by molar-refractivity contribution is -0.130. The summed E-state index contributed by atoms with van der Waals surface area (Å²) >= 11 is 0. The van der Waals surface area contributed by atoms with E-state index < -0.39 is 0 Å². The van der Waals surface area contributed by atoms with E-state index in [9.17, 15) is 14.4 Å². The number of piperidine rings is 1. The maximum atomic E-state index is 12.0. The van der Waals surface area contributed by atoms with Crippen molar-refractivity contribution in [3.05, 3.63) is 11.3 Å². The largest absolute Gasteiger partial charge is 0.358 e. The van der Waals surface area contributed by atoms with Gasteiger partial charge in [-0.2, -0.15) is 0 Å². The van der Waals surface area contributed by atoms with Crippen LogP contribution in [-0.4, -0.2) is 22.8 Å². The minimum absolute atomic E-state index is 0.0367. The number of carbonyl (C=O) groups is 3. The zero-order valence-electron chi connectivity index (χ0n) is 10.6. The van der Waals surface area contributed by atoms with Crippen molar-refractivity contribution < 1.29 is 18.9 Å². The predicted molar refractivity (Wildman–Crippen MR) is 64.7 cm³/mol. The van der Waals surface area contributed by atoms with Gasteiger partial charge in [-0.3, -0.25) is 14.4 Å². The van der Waals surface area contributed by atoms with Gasteiger partial charge in [0.25, 0.3) is 0 Å². The highest BCUT2D eigenvalue weighted by Gasteiger charge is 2.38. The number of aromatic nitrogens is 1. The van der Waals surface area contributed by atoms with Crippen molar-refractivity contribution in [3.63, 3.8) is 0 Å². The number of anilines is 1. The zero-order chi connectivity index (χ0) is 13.6. The van der Waals surface area contributed by atoms with Crippen LogP contribution in [0, 0.1) is 5.92 Å². The summed E-state index contributed by atoms with van der Waals surface area (Å²) in [5.74, 6) is -0.0880. The maximum Gasteiger partial charge on any atom is 0.235 e. The van der Waals surface area contributed by atoms with Crippen molar-refractivity contribution in [1.82, 2.24) is 5.16 Å². The van der Waals surface area contributed by atoms with Gasteiger partial charge in [0.1, 0.15) is 11.3 Å². The van der Waals surface area contributed by atoms with Gasteiger partial charge in [0, 0.05) is 25.7 Å². The molecular weight excluding hydrogens is 248 g/mol. The summed E-state index contributed by atoms with van der Waals surface area (Å²) in [5.41, 5.74) is 0.322. The van der Waals surface area contributed by atoms with Gasteiger partial charge in [0.05, 0.1) is 0 Å². The molecule has 1 aliphatic carbocycles. The van der Waals surface area contributed by atoms with Gasteiger partial charge in [0.2, 0.25) is 11.8 Å². The van der Waals surface area contributed by atoms with E-state index in [0.29, 0.717) is 37.0 Å². The number of nitrogens with zero attached hydrogens (tertiary/aromatic N) is 2. The first-order valence-corrected chi connectivity index (χ1v) is 6.45. The normalized spacial score (nSPS) is 20.9. The number of imide groups is 1. The third kappa shape index (κ3) is 1.87. The molecule has 100 valence electrons. The summed E-state index contributed by atoms with van der Waals surface area (Å²) in [7, 11) is 0. The van der Waals surface area contributed by atoms with E-state index >= 15 is 0 Å². The number of hydrogen-bond donors (Lipinski definition) is 0. The Kier molecular flexibility index (Phi) is 2.73. The van der Waals surface area contributed by atoms with Gasteiger partial charge in [-0.05, 0) is 12.3 Å². The zero-order valence-corrected chi connectivity index (χ0v) is 10.6. The summed E-state index contributed by atoms with van der Waals surface area (Å²) in [6, 6.07) is 0. The number of aryl methyl sites for hydroxylation is 1. The van der Waals surface area contributed by atoms with E-state index in [4.69, 9.17) is 4.52 Å². The summed E-state index contributed by atoms with van der Waals surface area (Å²) in [6.07, 6.45) is 2.34. The molecule has 2 aliphatic rings. The van der Waals surface area contributed by atoms with Crippen LogP contribution in [0.4, 0.5) is 5.82 Å². The Bertz CT molecular complexity index is 557. The molecule has 2 heterocycles. The first kappa shape index (κ1) is 12.1. The number of amides is 2. The SMILES string of the molecule is CC1CC(=O)N(c2noc3c2C(=O)CCC3)C(=O)C1. The van der Waals surface area contributed by atoms with Crippen LogP contribution in [0.5, 0.6) is 0 Å². The highest BCUT2D eigenvalue weighted by atomic mass is 16.5. The predicted octanol–water partition coefficient (Wildman–Crippen LogP) is 1.48. The summed E-state index contributed by atoms with van der Waals surface area (Å²) in [4.78, 5) is 37.0. The Morgan fingerprint density at radius 2 is 1.84 bits per heavy atom. The van der Waals surface area contributed by atoms with Crippen molar-refractivity contribution in [2.45, 2.75) is 39.0 Å². The van der Waals surface area contributed by atoms with Crippen LogP contribution in [0.15, 0.2) is 4.52 Å². The smallest absolute Gasteiger partial charge is 0.235 e. The second-order valence-electron chi connectivity index (χ2n) is 5.22. The highest BCUT2D eigenvalue weighted by molar-refractivity contribution is 6.19. The van der Waals surface area contributed by atoms with Crippen LogP contribution in [0.1, 0.15) is 48.7 Å². The molecule has 1 aliphatic heterocycles. The van der Waals surface area contributed by atoms with Gasteiger partial charge in [-0.25, -0.2) is 4.90 Å². The second-order valence-corrected chi connectivity index (χ2v) is 5.22. The number of rotatable bonds is 1. The number of hydrogen-bond acceptors (Lipinski definition) is 5. The molecule has 1 aromatic heterocycles. The molecule has 1 saturated heterocycles. The molecule has 0 saturated carbocycles. The van der Waals surface area contributed by atoms with Gasteiger partial charge in [-0.1, -0.05) is 12.1 Å². The van der Waals surface area contributed by atoms with Crippen molar-refractivity contribution in [2.75, 3.05) is 4.90 Å². The van der Waals surface area contributed by atoms with Gasteiger partial charge < -0.3 is 4.52 Å². The van der Waals surface area contributed by atoms with E-state index in [1.807, 2.05) is 6.92 Å². The molecule has 0 N–H and O–H groups in total. The molecule has 0 spiro atoms. The van der Waals surface area contributed by atoms with E-state index in [0.717, 1.165) is 11.3 Å². The third-order valence-electron chi connectivity index (χ3n) is 3.59. The molecule has 0 bridgehead atoms. The number of fused-ring (bicyclic) bond motifs is 1. The molecular formula is C13H14N2O4. The van der Waals surface area contributed by atoms with Crippen molar-refractivity contribution >= 4 is 23.4 Å². The molecule has 0 radical (unpaired) electrons. The average molecular weight is 262 g/mol. The van der Waals surface area contributed by atoms with Crippen LogP contribution in [-0.2, 0) is 16.0 Å². The molecule has 1 aromatic rings. The van der Waals surface area contributed by atoms with E-state index in [1.54, 1.807) is 0 Å². The Hall–Kier alpha value is -1.98. The van der Waals surface area contributed by atoms with Gasteiger partial charge in [0.15, 0.2) is 11.6 Å². The first-order valence-electron chi connectivity index (χ1n) is 6.45. The van der Waals surface area contributed by atoms with E-state index in [2.05, 4.69) is 5.16 Å².